The quantitative estimate of drug-likeness (QED) is 0.625. The molecule has 1 saturated heterocycles. The van der Waals surface area contributed by atoms with Gasteiger partial charge in [-0.2, -0.15) is 4.31 Å². The second-order valence-corrected chi connectivity index (χ2v) is 7.77. The van der Waals surface area contributed by atoms with Crippen LogP contribution in [0.4, 0.5) is 5.69 Å². The molecule has 0 unspecified atom stereocenters. The smallest absolute Gasteiger partial charge is 0.273 e. The molecule has 1 fully saturated rings. The molecule has 0 spiro atoms. The van der Waals surface area contributed by atoms with Crippen molar-refractivity contribution in [2.24, 2.45) is 11.8 Å². The molecule has 0 N–H and O–H groups in total. The summed E-state index contributed by atoms with van der Waals surface area (Å²) in [5, 5.41) is 10.8. The standard InChI is InChI=1S/C14H20N2O5S/c1-10-6-11(2)9-15(8-10)22(19,20)14-5-4-12(16(17)18)7-13(14)21-3/h4-5,7,10-11H,6,8-9H2,1-3H3/t10-,11-/m1/s1. The zero-order valence-electron chi connectivity index (χ0n) is 12.9. The predicted octanol–water partition coefficient (Wildman–Crippen LogP) is 2.27. The van der Waals surface area contributed by atoms with E-state index >= 15 is 0 Å². The zero-order chi connectivity index (χ0) is 16.5. The van der Waals surface area contributed by atoms with Crippen LogP contribution in [0.25, 0.3) is 0 Å². The summed E-state index contributed by atoms with van der Waals surface area (Å²) in [6, 6.07) is 3.58. The van der Waals surface area contributed by atoms with Gasteiger partial charge in [-0.05, 0) is 24.3 Å². The number of hydrogen-bond donors (Lipinski definition) is 0. The second kappa shape index (κ2) is 6.21. The molecule has 22 heavy (non-hydrogen) atoms. The minimum absolute atomic E-state index is 0.0000737. The highest BCUT2D eigenvalue weighted by molar-refractivity contribution is 7.89. The Morgan fingerprint density at radius 1 is 1.27 bits per heavy atom. The molecule has 2 rings (SSSR count). The molecule has 0 bridgehead atoms. The fraction of sp³-hybridized carbons (Fsp3) is 0.571. The lowest BCUT2D eigenvalue weighted by Gasteiger charge is -2.34. The first-order valence-electron chi connectivity index (χ1n) is 7.08. The van der Waals surface area contributed by atoms with Crippen LogP contribution < -0.4 is 4.74 Å². The van der Waals surface area contributed by atoms with Crippen molar-refractivity contribution in [2.75, 3.05) is 20.2 Å². The van der Waals surface area contributed by atoms with E-state index in [1.807, 2.05) is 13.8 Å². The van der Waals surface area contributed by atoms with Crippen LogP contribution in [0.3, 0.4) is 0 Å². The van der Waals surface area contributed by atoms with Gasteiger partial charge in [-0.15, -0.1) is 0 Å². The number of non-ortho nitro benzene ring substituents is 1. The molecule has 8 heteroatoms. The number of hydrogen-bond acceptors (Lipinski definition) is 5. The number of piperidine rings is 1. The highest BCUT2D eigenvalue weighted by Gasteiger charge is 2.34. The molecule has 1 heterocycles. The highest BCUT2D eigenvalue weighted by Crippen LogP contribution is 2.33. The summed E-state index contributed by atoms with van der Waals surface area (Å²) < 4.78 is 32.1. The van der Waals surface area contributed by atoms with E-state index in [2.05, 4.69) is 0 Å². The van der Waals surface area contributed by atoms with E-state index in [0.29, 0.717) is 13.1 Å². The van der Waals surface area contributed by atoms with Gasteiger partial charge in [0.1, 0.15) is 10.6 Å². The number of nitrogens with zero attached hydrogens (tertiary/aromatic N) is 2. The van der Waals surface area contributed by atoms with Crippen LogP contribution in [-0.4, -0.2) is 37.8 Å². The maximum atomic E-state index is 12.8. The average molecular weight is 328 g/mol. The molecule has 0 aromatic heterocycles. The molecule has 1 aliphatic rings. The molecule has 2 atom stereocenters. The van der Waals surface area contributed by atoms with Crippen LogP contribution in [0.15, 0.2) is 23.1 Å². The van der Waals surface area contributed by atoms with Gasteiger partial charge < -0.3 is 4.74 Å². The molecule has 0 saturated carbocycles. The Bertz CT molecular complexity index is 664. The molecule has 1 aromatic carbocycles. The fourth-order valence-corrected chi connectivity index (χ4v) is 4.74. The van der Waals surface area contributed by atoms with E-state index in [9.17, 15) is 18.5 Å². The number of benzene rings is 1. The molecule has 122 valence electrons. The predicted molar refractivity (Wildman–Crippen MR) is 81.4 cm³/mol. The summed E-state index contributed by atoms with van der Waals surface area (Å²) in [6.45, 7) is 4.94. The molecule has 1 aliphatic heterocycles. The third-order valence-corrected chi connectivity index (χ3v) is 5.68. The number of ether oxygens (including phenoxy) is 1. The molecule has 1 aromatic rings. The maximum Gasteiger partial charge on any atom is 0.273 e. The van der Waals surface area contributed by atoms with Crippen LogP contribution in [0, 0.1) is 22.0 Å². The first-order valence-corrected chi connectivity index (χ1v) is 8.52. The van der Waals surface area contributed by atoms with Crippen molar-refractivity contribution in [1.82, 2.24) is 4.31 Å². The SMILES string of the molecule is COc1cc([N+](=O)[O-])ccc1S(=O)(=O)N1C[C@H](C)C[C@@H](C)C1. The Morgan fingerprint density at radius 2 is 1.86 bits per heavy atom. The number of nitro benzene ring substituents is 1. The van der Waals surface area contributed by atoms with Crippen molar-refractivity contribution in [3.05, 3.63) is 28.3 Å². The van der Waals surface area contributed by atoms with Gasteiger partial charge in [-0.25, -0.2) is 8.42 Å². The Labute approximate surface area is 130 Å². The fourth-order valence-electron chi connectivity index (χ4n) is 2.92. The molecule has 0 radical (unpaired) electrons. The van der Waals surface area contributed by atoms with Gasteiger partial charge in [0.25, 0.3) is 5.69 Å². The van der Waals surface area contributed by atoms with Crippen LogP contribution in [-0.2, 0) is 10.0 Å². The number of sulfonamides is 1. The van der Waals surface area contributed by atoms with Crippen molar-refractivity contribution in [2.45, 2.75) is 25.2 Å². The van der Waals surface area contributed by atoms with E-state index < -0.39 is 14.9 Å². The van der Waals surface area contributed by atoms with E-state index in [-0.39, 0.29) is 28.2 Å². The summed E-state index contributed by atoms with van der Waals surface area (Å²) >= 11 is 0. The zero-order valence-corrected chi connectivity index (χ0v) is 13.7. The Morgan fingerprint density at radius 3 is 2.36 bits per heavy atom. The Kier molecular flexibility index (Phi) is 4.72. The van der Waals surface area contributed by atoms with Crippen molar-refractivity contribution >= 4 is 15.7 Å². The maximum absolute atomic E-state index is 12.8. The monoisotopic (exact) mass is 328 g/mol. The van der Waals surface area contributed by atoms with Gasteiger partial charge in [0.15, 0.2) is 0 Å². The first kappa shape index (κ1) is 16.7. The third-order valence-electron chi connectivity index (χ3n) is 3.81. The van der Waals surface area contributed by atoms with E-state index in [1.165, 1.54) is 23.5 Å². The van der Waals surface area contributed by atoms with Crippen molar-refractivity contribution in [3.63, 3.8) is 0 Å². The van der Waals surface area contributed by atoms with Crippen molar-refractivity contribution < 1.29 is 18.1 Å². The molecule has 0 aliphatic carbocycles. The number of nitro groups is 1. The van der Waals surface area contributed by atoms with Crippen LogP contribution in [0.5, 0.6) is 5.75 Å². The van der Waals surface area contributed by atoms with E-state index in [1.54, 1.807) is 0 Å². The number of rotatable bonds is 4. The summed E-state index contributed by atoms with van der Waals surface area (Å²) in [5.74, 6) is 0.560. The summed E-state index contributed by atoms with van der Waals surface area (Å²) in [6.07, 6.45) is 0.990. The highest BCUT2D eigenvalue weighted by atomic mass is 32.2. The van der Waals surface area contributed by atoms with E-state index in [0.717, 1.165) is 12.5 Å². The lowest BCUT2D eigenvalue weighted by Crippen LogP contribution is -2.42. The summed E-state index contributed by atoms with van der Waals surface area (Å²) in [7, 11) is -2.42. The summed E-state index contributed by atoms with van der Waals surface area (Å²) in [5.41, 5.74) is -0.198. The average Bonchev–Trinajstić information content (AvgIpc) is 2.45. The van der Waals surface area contributed by atoms with Crippen molar-refractivity contribution in [3.8, 4) is 5.75 Å². The molecule has 7 nitrogen and oxygen atoms in total. The van der Waals surface area contributed by atoms with Crippen molar-refractivity contribution in [1.29, 1.82) is 0 Å². The largest absolute Gasteiger partial charge is 0.495 e. The van der Waals surface area contributed by atoms with Gasteiger partial charge in [0, 0.05) is 19.2 Å². The molecular weight excluding hydrogens is 308 g/mol. The lowest BCUT2D eigenvalue weighted by atomic mass is 9.94. The normalized spacial score (nSPS) is 23.2. The van der Waals surface area contributed by atoms with Gasteiger partial charge in [-0.1, -0.05) is 13.8 Å². The van der Waals surface area contributed by atoms with Gasteiger partial charge in [0.05, 0.1) is 18.1 Å². The van der Waals surface area contributed by atoms with Crippen LogP contribution in [0.1, 0.15) is 20.3 Å². The van der Waals surface area contributed by atoms with Gasteiger partial charge in [0.2, 0.25) is 10.0 Å². The van der Waals surface area contributed by atoms with Gasteiger partial charge >= 0.3 is 0 Å². The summed E-state index contributed by atoms with van der Waals surface area (Å²) in [4.78, 5) is 10.2. The van der Waals surface area contributed by atoms with E-state index in [4.69, 9.17) is 4.74 Å². The van der Waals surface area contributed by atoms with Crippen LogP contribution >= 0.6 is 0 Å². The Hall–Kier alpha value is -1.67. The minimum atomic E-state index is -3.73. The second-order valence-electron chi connectivity index (χ2n) is 5.86. The van der Waals surface area contributed by atoms with Gasteiger partial charge in [-0.3, -0.25) is 10.1 Å². The number of methoxy groups -OCH3 is 1. The first-order chi connectivity index (χ1) is 10.3. The third kappa shape index (κ3) is 3.22. The minimum Gasteiger partial charge on any atom is -0.495 e. The lowest BCUT2D eigenvalue weighted by molar-refractivity contribution is -0.385. The topological polar surface area (TPSA) is 89.7 Å². The molecular formula is C14H20N2O5S. The molecule has 0 amide bonds. The van der Waals surface area contributed by atoms with Crippen LogP contribution in [0.2, 0.25) is 0 Å². The Balaban J connectivity index is 2.42.